The number of nitrogens with zero attached hydrogens (tertiary/aromatic N) is 8. The summed E-state index contributed by atoms with van der Waals surface area (Å²) in [6.07, 6.45) is -2.24. The van der Waals surface area contributed by atoms with Crippen LogP contribution in [0.1, 0.15) is 119 Å². The first-order valence-corrected chi connectivity index (χ1v) is 31.7. The van der Waals surface area contributed by atoms with E-state index in [4.69, 9.17) is 53.6 Å². The summed E-state index contributed by atoms with van der Waals surface area (Å²) in [4.78, 5) is 73.6. The monoisotopic (exact) mass is 1380 g/mol. The van der Waals surface area contributed by atoms with E-state index in [9.17, 15) is 28.0 Å². The van der Waals surface area contributed by atoms with Crippen LogP contribution in [0.4, 0.5) is 35.9 Å². The minimum absolute atomic E-state index is 0.00356. The quantitative estimate of drug-likeness (QED) is 0.0350. The van der Waals surface area contributed by atoms with Gasteiger partial charge in [0.25, 0.3) is 0 Å². The molecule has 12 rings (SSSR count). The van der Waals surface area contributed by atoms with Gasteiger partial charge in [-0.05, 0) is 150 Å². The van der Waals surface area contributed by atoms with E-state index in [1.54, 1.807) is 50.7 Å². The zero-order valence-electron chi connectivity index (χ0n) is 55.0. The van der Waals surface area contributed by atoms with Crippen LogP contribution >= 0.6 is 0 Å². The molecule has 101 heavy (non-hydrogen) atoms. The van der Waals surface area contributed by atoms with Crippen LogP contribution in [-0.4, -0.2) is 103 Å². The fourth-order valence-electron chi connectivity index (χ4n) is 11.8. The molecule has 2 saturated heterocycles. The molecule has 0 unspecified atom stereocenters. The smallest absolute Gasteiger partial charge is 0.408 e. The van der Waals surface area contributed by atoms with E-state index in [-0.39, 0.29) is 165 Å². The number of hydrogen-bond donors (Lipinski definition) is 2. The first kappa shape index (κ1) is 69.2. The second-order valence-corrected chi connectivity index (χ2v) is 25.9. The third-order valence-corrected chi connectivity index (χ3v) is 16.4. The van der Waals surface area contributed by atoms with Crippen molar-refractivity contribution in [1.29, 1.82) is 10.5 Å². The Kier molecular flexibility index (Phi) is 19.6. The number of alkyl carbamates (subject to hydrolysis) is 2. The Labute approximate surface area is 573 Å². The number of rotatable bonds is 18. The maximum Gasteiger partial charge on any atom is 0.408 e. The molecule has 4 atom stereocenters. The van der Waals surface area contributed by atoms with Gasteiger partial charge in [0.15, 0.2) is 0 Å². The summed E-state index contributed by atoms with van der Waals surface area (Å²) >= 11 is 0. The summed E-state index contributed by atoms with van der Waals surface area (Å²) in [7, 11) is 0. The number of pyridine rings is 2. The van der Waals surface area contributed by atoms with Crippen LogP contribution in [-0.2, 0) is 49.7 Å². The Morgan fingerprint density at radius 3 is 1.29 bits per heavy atom. The first-order valence-electron chi connectivity index (χ1n) is 31.7. The van der Waals surface area contributed by atoms with Crippen molar-refractivity contribution in [2.75, 3.05) is 26.4 Å². The first-order chi connectivity index (χ1) is 48.2. The largest absolute Gasteiger partial charge is 0.473 e. The average molecular weight is 1380 g/mol. The lowest BCUT2D eigenvalue weighted by molar-refractivity contribution is 0.0394. The molecule has 2 fully saturated rings. The maximum atomic E-state index is 16.5. The molecule has 6 heterocycles. The van der Waals surface area contributed by atoms with E-state index in [0.717, 1.165) is 36.4 Å². The van der Waals surface area contributed by atoms with E-state index < -0.39 is 94.4 Å². The fourth-order valence-corrected chi connectivity index (χ4v) is 11.8. The van der Waals surface area contributed by atoms with Crippen molar-refractivity contribution in [1.82, 2.24) is 39.7 Å². The average Bonchev–Trinajstić information content (AvgIpc) is 1.62. The minimum Gasteiger partial charge on any atom is -0.473 e. The number of benzene rings is 6. The molecule has 0 saturated carbocycles. The highest BCUT2D eigenvalue weighted by Crippen LogP contribution is 2.36. The second kappa shape index (κ2) is 28.6. The zero-order chi connectivity index (χ0) is 71.6. The highest BCUT2D eigenvalue weighted by atomic mass is 19.1. The minimum atomic E-state index is -1.13. The molecule has 4 aromatic heterocycles. The molecular formula is C74H62F6N10O11. The molecule has 0 spiro atoms. The van der Waals surface area contributed by atoms with Gasteiger partial charge in [0.1, 0.15) is 71.0 Å². The Hall–Kier alpha value is -11.7. The normalized spacial score (nSPS) is 16.0. The van der Waals surface area contributed by atoms with Crippen molar-refractivity contribution in [3.05, 3.63) is 225 Å². The Bertz CT molecular complexity index is 4710. The van der Waals surface area contributed by atoms with Crippen molar-refractivity contribution in [3.63, 3.8) is 0 Å². The van der Waals surface area contributed by atoms with Crippen LogP contribution in [0.2, 0.25) is 0 Å². The summed E-state index contributed by atoms with van der Waals surface area (Å²) in [5.74, 6) is -6.79. The molecule has 2 amide bonds. The molecule has 2 aliphatic heterocycles. The number of esters is 2. The number of aromatic nitrogens is 6. The highest BCUT2D eigenvalue weighted by molar-refractivity contribution is 6.05. The van der Waals surface area contributed by atoms with Crippen LogP contribution in [0.3, 0.4) is 0 Å². The number of carbonyl (C=O) groups is 4. The fraction of sp³-hybridized carbons (Fsp3) is 0.270. The third kappa shape index (κ3) is 15.8. The van der Waals surface area contributed by atoms with Gasteiger partial charge in [-0.2, -0.15) is 10.5 Å². The lowest BCUT2D eigenvalue weighted by atomic mass is 10.0. The third-order valence-electron chi connectivity index (χ3n) is 16.4. The number of ether oxygens (including phenoxy) is 7. The van der Waals surface area contributed by atoms with Crippen LogP contribution in [0, 0.1) is 57.6 Å². The van der Waals surface area contributed by atoms with E-state index in [1.165, 1.54) is 97.1 Å². The van der Waals surface area contributed by atoms with Gasteiger partial charge < -0.3 is 52.9 Å². The van der Waals surface area contributed by atoms with Crippen LogP contribution < -0.4 is 20.1 Å². The number of fused-ring (bicyclic) bond motifs is 2. The number of nitriles is 2. The molecule has 0 bridgehead atoms. The predicted molar refractivity (Wildman–Crippen MR) is 351 cm³/mol. The Morgan fingerprint density at radius 1 is 0.495 bits per heavy atom. The molecule has 0 aliphatic carbocycles. The van der Waals surface area contributed by atoms with Crippen molar-refractivity contribution in [3.8, 4) is 46.4 Å². The number of hydrogen-bond acceptors (Lipinski definition) is 17. The molecule has 21 nitrogen and oxygen atoms in total. The SMILES string of the molecule is CC(C)(C)OC(=O)N[C@@H]1COC[C@@H]1n1c(Cc2cc(F)c(-c3cccc(OCc4ccc(C#N)cc4F)n3)cc2F)nc2ccc(C(=O)OC(=O)c3ccc4nc(Cc5cc(F)c(-c6cccc(OCc7ccc(C#N)cc7F)n6)cc5F)n([C@H]5COC[C@H]5NC(=O)OC(C)(C)C)c4c3)cc21. The summed E-state index contributed by atoms with van der Waals surface area (Å²) < 4.78 is 138. The molecule has 0 radical (unpaired) electrons. The van der Waals surface area contributed by atoms with Crippen molar-refractivity contribution >= 4 is 46.2 Å². The van der Waals surface area contributed by atoms with Crippen LogP contribution in [0.15, 0.2) is 133 Å². The van der Waals surface area contributed by atoms with Gasteiger partial charge in [0.2, 0.25) is 11.8 Å². The topological polar surface area (TPSA) is 266 Å². The summed E-state index contributed by atoms with van der Waals surface area (Å²) in [5.41, 5.74) is -1.32. The van der Waals surface area contributed by atoms with E-state index >= 15 is 17.6 Å². The molecule has 6 aromatic carbocycles. The maximum absolute atomic E-state index is 16.5. The van der Waals surface area contributed by atoms with Crippen molar-refractivity contribution in [2.24, 2.45) is 0 Å². The van der Waals surface area contributed by atoms with E-state index in [0.29, 0.717) is 0 Å². The van der Waals surface area contributed by atoms with Gasteiger partial charge in [0, 0.05) is 47.2 Å². The number of halogens is 6. The van der Waals surface area contributed by atoms with Crippen molar-refractivity contribution < 1.29 is 78.7 Å². The standard InChI is InChI=1S/C74H62F6N10O11/c1-73(2,3)100-71(93)87-59-35-95-37-63(59)89-61-25-41(17-19-57(61)83-65(89)27-45-23-53(79)47(29-51(45)77)55-9-7-11-67(85-55)97-33-43-15-13-39(31-81)21-49(43)75)69(91)99-70(92)42-18-20-58-62(26-42)90(64-38-96-36-60(64)88-72(94)101-74(4,5)6)66(84-58)28-46-24-54(80)48(30-52(46)78)56-10-8-12-68(86-56)98-34-44-16-14-40(32-82)22-50(44)76/h7-26,29-30,59-60,63-64H,27-28,33-38H2,1-6H3,(H,87,93)(H,88,94)/t59-,60-,63+,64+/m1/s1. The molecule has 2 aliphatic rings. The summed E-state index contributed by atoms with van der Waals surface area (Å²) in [6, 6.07) is 29.4. The van der Waals surface area contributed by atoms with Gasteiger partial charge in [-0.25, -0.2) is 65.5 Å². The predicted octanol–water partition coefficient (Wildman–Crippen LogP) is 13.4. The van der Waals surface area contributed by atoms with Crippen molar-refractivity contribution in [2.45, 2.75) is 103 Å². The molecule has 27 heteroatoms. The van der Waals surface area contributed by atoms with Crippen LogP contribution in [0.25, 0.3) is 44.6 Å². The zero-order valence-corrected chi connectivity index (χ0v) is 55.0. The number of nitrogens with one attached hydrogen (secondary N) is 2. The lowest BCUT2D eigenvalue weighted by Crippen LogP contribution is -2.43. The summed E-state index contributed by atoms with van der Waals surface area (Å²) in [5, 5.41) is 23.9. The number of amides is 2. The van der Waals surface area contributed by atoms with Gasteiger partial charge in [-0.3, -0.25) is 0 Å². The van der Waals surface area contributed by atoms with E-state index in [1.807, 2.05) is 12.1 Å². The number of imidazole rings is 2. The Balaban J connectivity index is 0.829. The number of carbonyl (C=O) groups excluding carboxylic acids is 4. The molecular weight excluding hydrogens is 1320 g/mol. The van der Waals surface area contributed by atoms with Gasteiger partial charge in [0.05, 0.1) is 118 Å². The van der Waals surface area contributed by atoms with Gasteiger partial charge >= 0.3 is 24.1 Å². The highest BCUT2D eigenvalue weighted by Gasteiger charge is 2.38. The second-order valence-electron chi connectivity index (χ2n) is 25.9. The molecule has 2 N–H and O–H groups in total. The molecule has 516 valence electrons. The van der Waals surface area contributed by atoms with Gasteiger partial charge in [-0.1, -0.05) is 24.3 Å². The van der Waals surface area contributed by atoms with E-state index in [2.05, 4.69) is 20.6 Å². The summed E-state index contributed by atoms with van der Waals surface area (Å²) in [6.45, 7) is 9.46. The van der Waals surface area contributed by atoms with Crippen LogP contribution in [0.5, 0.6) is 11.8 Å². The van der Waals surface area contributed by atoms with Gasteiger partial charge in [-0.15, -0.1) is 0 Å². The Morgan fingerprint density at radius 2 is 0.901 bits per heavy atom. The lowest BCUT2D eigenvalue weighted by Gasteiger charge is -2.25. The molecule has 10 aromatic rings.